The normalized spacial score (nSPS) is 20.8. The van der Waals surface area contributed by atoms with Crippen LogP contribution in [0.25, 0.3) is 0 Å². The van der Waals surface area contributed by atoms with Crippen LogP contribution in [0.2, 0.25) is 0 Å². The second kappa shape index (κ2) is 6.31. The highest BCUT2D eigenvalue weighted by Crippen LogP contribution is 2.28. The third-order valence-electron chi connectivity index (χ3n) is 3.20. The number of hydrogen-bond acceptors (Lipinski definition) is 5. The van der Waals surface area contributed by atoms with Gasteiger partial charge in [0.15, 0.2) is 0 Å². The van der Waals surface area contributed by atoms with E-state index < -0.39 is 37.8 Å². The SMILES string of the molecule is CC(OS(=O)(=O)CCS(=O)(=O)O)C1CCCCC1. The van der Waals surface area contributed by atoms with Crippen molar-refractivity contribution in [3.63, 3.8) is 0 Å². The molecule has 0 aromatic rings. The molecular formula is C10H20O6S2. The summed E-state index contributed by atoms with van der Waals surface area (Å²) in [5.41, 5.74) is 0. The predicted octanol–water partition coefficient (Wildman–Crippen LogP) is 1.19. The van der Waals surface area contributed by atoms with Crippen molar-refractivity contribution in [1.29, 1.82) is 0 Å². The molecule has 1 aliphatic carbocycles. The Hall–Kier alpha value is -0.180. The monoisotopic (exact) mass is 300 g/mol. The molecule has 1 fully saturated rings. The maximum atomic E-state index is 11.5. The van der Waals surface area contributed by atoms with E-state index in [9.17, 15) is 16.8 Å². The van der Waals surface area contributed by atoms with Gasteiger partial charge in [0.25, 0.3) is 20.2 Å². The Kier molecular flexibility index (Phi) is 5.57. The van der Waals surface area contributed by atoms with Gasteiger partial charge in [-0.1, -0.05) is 19.3 Å². The van der Waals surface area contributed by atoms with Crippen molar-refractivity contribution in [3.05, 3.63) is 0 Å². The molecule has 0 heterocycles. The molecule has 1 saturated carbocycles. The Labute approximate surface area is 109 Å². The fourth-order valence-electron chi connectivity index (χ4n) is 2.17. The first-order valence-corrected chi connectivity index (χ1v) is 9.24. The van der Waals surface area contributed by atoms with Gasteiger partial charge < -0.3 is 0 Å². The summed E-state index contributed by atoms with van der Waals surface area (Å²) in [6.07, 6.45) is 4.76. The molecule has 0 aliphatic heterocycles. The van der Waals surface area contributed by atoms with Crippen LogP contribution in [0, 0.1) is 5.92 Å². The Morgan fingerprint density at radius 2 is 1.67 bits per heavy atom. The maximum Gasteiger partial charge on any atom is 0.268 e. The fourth-order valence-corrected chi connectivity index (χ4v) is 4.54. The quantitative estimate of drug-likeness (QED) is 0.584. The molecule has 1 rings (SSSR count). The second-order valence-electron chi connectivity index (χ2n) is 4.75. The fraction of sp³-hybridized carbons (Fsp3) is 1.00. The van der Waals surface area contributed by atoms with Gasteiger partial charge in [-0.15, -0.1) is 0 Å². The van der Waals surface area contributed by atoms with E-state index in [0.717, 1.165) is 25.7 Å². The van der Waals surface area contributed by atoms with E-state index in [1.807, 2.05) is 0 Å². The van der Waals surface area contributed by atoms with Crippen LogP contribution in [-0.2, 0) is 24.4 Å². The second-order valence-corrected chi connectivity index (χ2v) is 8.04. The first-order valence-electron chi connectivity index (χ1n) is 6.06. The molecule has 0 bridgehead atoms. The van der Waals surface area contributed by atoms with Gasteiger partial charge in [0.1, 0.15) is 0 Å². The molecule has 0 aromatic heterocycles. The van der Waals surface area contributed by atoms with Crippen molar-refractivity contribution in [3.8, 4) is 0 Å². The third-order valence-corrected chi connectivity index (χ3v) is 5.48. The summed E-state index contributed by atoms with van der Waals surface area (Å²) in [4.78, 5) is 0. The molecule has 8 heteroatoms. The molecule has 1 aliphatic rings. The molecule has 0 amide bonds. The molecule has 0 spiro atoms. The summed E-state index contributed by atoms with van der Waals surface area (Å²) in [5.74, 6) is -1.32. The van der Waals surface area contributed by atoms with E-state index in [1.165, 1.54) is 6.42 Å². The van der Waals surface area contributed by atoms with Crippen LogP contribution in [0.3, 0.4) is 0 Å². The van der Waals surface area contributed by atoms with Gasteiger partial charge in [0.2, 0.25) is 0 Å². The van der Waals surface area contributed by atoms with Crippen molar-refractivity contribution in [2.24, 2.45) is 5.92 Å². The van der Waals surface area contributed by atoms with E-state index in [-0.39, 0.29) is 5.92 Å². The molecule has 1 atom stereocenters. The minimum atomic E-state index is -4.28. The van der Waals surface area contributed by atoms with Crippen LogP contribution < -0.4 is 0 Å². The van der Waals surface area contributed by atoms with Gasteiger partial charge in [0, 0.05) is 0 Å². The summed E-state index contributed by atoms with van der Waals surface area (Å²) < 4.78 is 57.6. The van der Waals surface area contributed by atoms with E-state index in [4.69, 9.17) is 8.74 Å². The van der Waals surface area contributed by atoms with Gasteiger partial charge in [-0.3, -0.25) is 8.74 Å². The summed E-state index contributed by atoms with van der Waals surface area (Å²) in [5, 5.41) is 0. The molecule has 18 heavy (non-hydrogen) atoms. The van der Waals surface area contributed by atoms with E-state index in [1.54, 1.807) is 6.92 Å². The minimum Gasteiger partial charge on any atom is -0.286 e. The van der Waals surface area contributed by atoms with E-state index in [2.05, 4.69) is 0 Å². The molecule has 0 aromatic carbocycles. The highest BCUT2D eigenvalue weighted by Gasteiger charge is 2.26. The highest BCUT2D eigenvalue weighted by atomic mass is 32.2. The van der Waals surface area contributed by atoms with Crippen LogP contribution in [-0.4, -0.2) is 39.0 Å². The lowest BCUT2D eigenvalue weighted by Gasteiger charge is -2.26. The molecule has 0 radical (unpaired) electrons. The zero-order chi connectivity index (χ0) is 13.8. The lowest BCUT2D eigenvalue weighted by atomic mass is 9.86. The molecule has 108 valence electrons. The standard InChI is InChI=1S/C10H20O6S2/c1-9(10-5-3-2-4-6-10)16-18(14,15)8-7-17(11,12)13/h9-10H,2-8H2,1H3,(H,11,12,13). The van der Waals surface area contributed by atoms with Crippen LogP contribution in [0.4, 0.5) is 0 Å². The van der Waals surface area contributed by atoms with Gasteiger partial charge in [-0.2, -0.15) is 16.8 Å². The summed E-state index contributed by atoms with van der Waals surface area (Å²) in [6.45, 7) is 1.70. The zero-order valence-corrected chi connectivity index (χ0v) is 12.0. The lowest BCUT2D eigenvalue weighted by molar-refractivity contribution is 0.130. The highest BCUT2D eigenvalue weighted by molar-refractivity contribution is 7.90. The zero-order valence-electron chi connectivity index (χ0n) is 10.4. The van der Waals surface area contributed by atoms with Gasteiger partial charge in [-0.25, -0.2) is 0 Å². The Morgan fingerprint density at radius 1 is 1.11 bits per heavy atom. The van der Waals surface area contributed by atoms with E-state index in [0.29, 0.717) is 0 Å². The van der Waals surface area contributed by atoms with Crippen LogP contribution in [0.1, 0.15) is 39.0 Å². The average Bonchev–Trinajstić information content (AvgIpc) is 2.26. The minimum absolute atomic E-state index is 0.208. The summed E-state index contributed by atoms with van der Waals surface area (Å²) in [7, 11) is -8.18. The summed E-state index contributed by atoms with van der Waals surface area (Å²) in [6, 6.07) is 0. The molecule has 1 N–H and O–H groups in total. The van der Waals surface area contributed by atoms with Gasteiger partial charge in [-0.05, 0) is 25.7 Å². The Bertz CT molecular complexity index is 447. The molecule has 0 saturated heterocycles. The predicted molar refractivity (Wildman–Crippen MR) is 67.3 cm³/mol. The average molecular weight is 300 g/mol. The lowest BCUT2D eigenvalue weighted by Crippen LogP contribution is -2.28. The van der Waals surface area contributed by atoms with Crippen molar-refractivity contribution >= 4 is 20.2 Å². The Morgan fingerprint density at radius 3 is 2.17 bits per heavy atom. The molecular weight excluding hydrogens is 280 g/mol. The van der Waals surface area contributed by atoms with E-state index >= 15 is 0 Å². The Balaban J connectivity index is 2.48. The smallest absolute Gasteiger partial charge is 0.268 e. The topological polar surface area (TPSA) is 97.7 Å². The van der Waals surface area contributed by atoms with Crippen molar-refractivity contribution in [2.75, 3.05) is 11.5 Å². The third kappa shape index (κ3) is 6.12. The van der Waals surface area contributed by atoms with Crippen LogP contribution in [0.5, 0.6) is 0 Å². The van der Waals surface area contributed by atoms with Crippen LogP contribution in [0.15, 0.2) is 0 Å². The first-order chi connectivity index (χ1) is 8.20. The first kappa shape index (κ1) is 15.9. The number of hydrogen-bond donors (Lipinski definition) is 1. The van der Waals surface area contributed by atoms with Gasteiger partial charge in [0.05, 0.1) is 17.6 Å². The number of rotatable bonds is 6. The maximum absolute atomic E-state index is 11.5. The van der Waals surface area contributed by atoms with Gasteiger partial charge >= 0.3 is 0 Å². The van der Waals surface area contributed by atoms with Crippen LogP contribution >= 0.6 is 0 Å². The van der Waals surface area contributed by atoms with Crippen molar-refractivity contribution in [1.82, 2.24) is 0 Å². The largest absolute Gasteiger partial charge is 0.286 e. The molecule has 6 nitrogen and oxygen atoms in total. The summed E-state index contributed by atoms with van der Waals surface area (Å²) >= 11 is 0. The van der Waals surface area contributed by atoms with Crippen molar-refractivity contribution < 1.29 is 25.6 Å². The van der Waals surface area contributed by atoms with Crippen molar-refractivity contribution in [2.45, 2.75) is 45.1 Å². The molecule has 1 unspecified atom stereocenters.